The van der Waals surface area contributed by atoms with E-state index in [4.69, 9.17) is 4.99 Å². The van der Waals surface area contributed by atoms with E-state index in [-0.39, 0.29) is 0 Å². The van der Waals surface area contributed by atoms with Crippen LogP contribution in [-0.4, -0.2) is 36.5 Å². The number of aliphatic imine (C=N–C) groups is 1. The number of anilines is 1. The van der Waals surface area contributed by atoms with Crippen molar-refractivity contribution in [2.75, 3.05) is 25.1 Å². The maximum absolute atomic E-state index is 5.04. The zero-order valence-corrected chi connectivity index (χ0v) is 15.4. The van der Waals surface area contributed by atoms with Crippen LogP contribution in [0.15, 0.2) is 23.2 Å². The van der Waals surface area contributed by atoms with Gasteiger partial charge in [0.05, 0.1) is 12.4 Å². The monoisotopic (exact) mass is 328 g/mol. The molecule has 4 heteroatoms. The highest BCUT2D eigenvalue weighted by Gasteiger charge is 2.32. The van der Waals surface area contributed by atoms with Crippen molar-refractivity contribution < 1.29 is 0 Å². The van der Waals surface area contributed by atoms with E-state index in [0.717, 1.165) is 37.8 Å². The van der Waals surface area contributed by atoms with Gasteiger partial charge in [0, 0.05) is 31.2 Å². The van der Waals surface area contributed by atoms with Crippen molar-refractivity contribution in [2.24, 2.45) is 10.9 Å². The predicted octanol–water partition coefficient (Wildman–Crippen LogP) is 4.29. The van der Waals surface area contributed by atoms with Gasteiger partial charge in [0.25, 0.3) is 0 Å². The largest absolute Gasteiger partial charge is 0.385 e. The Kier molecular flexibility index (Phi) is 5.77. The van der Waals surface area contributed by atoms with E-state index in [2.05, 4.69) is 54.5 Å². The maximum atomic E-state index is 5.04. The van der Waals surface area contributed by atoms with Gasteiger partial charge in [-0.2, -0.15) is 0 Å². The van der Waals surface area contributed by atoms with Gasteiger partial charge in [0.15, 0.2) is 0 Å². The van der Waals surface area contributed by atoms with Crippen molar-refractivity contribution in [1.82, 2.24) is 10.2 Å². The molecule has 0 bridgehead atoms. The first-order valence-electron chi connectivity index (χ1n) is 9.53. The Morgan fingerprint density at radius 1 is 1.33 bits per heavy atom. The molecule has 1 aromatic rings. The first kappa shape index (κ1) is 17.3. The highest BCUT2D eigenvalue weighted by atomic mass is 15.3. The molecule has 1 aliphatic heterocycles. The molecule has 0 spiro atoms. The number of benzene rings is 1. The van der Waals surface area contributed by atoms with Crippen LogP contribution in [-0.2, 0) is 0 Å². The lowest BCUT2D eigenvalue weighted by molar-refractivity contribution is 0.341. The molecule has 1 heterocycles. The molecule has 1 saturated heterocycles. The van der Waals surface area contributed by atoms with Crippen molar-refractivity contribution in [3.05, 3.63) is 23.8 Å². The summed E-state index contributed by atoms with van der Waals surface area (Å²) < 4.78 is 0. The van der Waals surface area contributed by atoms with Crippen LogP contribution in [0.4, 0.5) is 11.4 Å². The molecule has 2 aliphatic rings. The predicted molar refractivity (Wildman–Crippen MR) is 103 cm³/mol. The Morgan fingerprint density at radius 2 is 2.17 bits per heavy atom. The fourth-order valence-corrected chi connectivity index (χ4v) is 3.29. The summed E-state index contributed by atoms with van der Waals surface area (Å²) in [5.74, 6) is 2.04. The van der Waals surface area contributed by atoms with Crippen molar-refractivity contribution >= 4 is 17.2 Å². The number of amidine groups is 1. The highest BCUT2D eigenvalue weighted by molar-refractivity contribution is 5.87. The van der Waals surface area contributed by atoms with Crippen LogP contribution in [0.5, 0.6) is 0 Å². The average molecular weight is 329 g/mol. The molecule has 0 atom stereocenters. The third-order valence-corrected chi connectivity index (χ3v) is 4.96. The van der Waals surface area contributed by atoms with Crippen molar-refractivity contribution in [3.63, 3.8) is 0 Å². The van der Waals surface area contributed by atoms with E-state index in [1.54, 1.807) is 0 Å². The van der Waals surface area contributed by atoms with E-state index in [1.807, 2.05) is 0 Å². The van der Waals surface area contributed by atoms with Gasteiger partial charge in [0.1, 0.15) is 5.84 Å². The molecular formula is C20H32N4. The van der Waals surface area contributed by atoms with Crippen LogP contribution in [0.1, 0.15) is 51.5 Å². The van der Waals surface area contributed by atoms with E-state index in [1.165, 1.54) is 42.8 Å². The Bertz CT molecular complexity index is 575. The van der Waals surface area contributed by atoms with Gasteiger partial charge in [-0.05, 0) is 56.2 Å². The summed E-state index contributed by atoms with van der Waals surface area (Å²) in [6.07, 6.45) is 6.16. The summed E-state index contributed by atoms with van der Waals surface area (Å²) in [7, 11) is 0. The normalized spacial score (nSPS) is 20.0. The smallest absolute Gasteiger partial charge is 0.107 e. The Hall–Kier alpha value is -1.55. The topological polar surface area (TPSA) is 39.7 Å². The quantitative estimate of drug-likeness (QED) is 0.734. The molecule has 2 fully saturated rings. The fourth-order valence-electron chi connectivity index (χ4n) is 3.29. The summed E-state index contributed by atoms with van der Waals surface area (Å²) >= 11 is 0. The maximum Gasteiger partial charge on any atom is 0.107 e. The number of hydrogen-bond donors (Lipinski definition) is 2. The van der Waals surface area contributed by atoms with Gasteiger partial charge in [0.2, 0.25) is 0 Å². The fraction of sp³-hybridized carbons (Fsp3) is 0.650. The molecule has 0 aromatic heterocycles. The molecule has 132 valence electrons. The van der Waals surface area contributed by atoms with Crippen LogP contribution < -0.4 is 10.6 Å². The van der Waals surface area contributed by atoms with Crippen LogP contribution in [0.3, 0.4) is 0 Å². The second-order valence-corrected chi connectivity index (χ2v) is 7.55. The molecule has 1 aromatic carbocycles. The molecule has 0 amide bonds. The summed E-state index contributed by atoms with van der Waals surface area (Å²) in [5, 5.41) is 7.07. The molecule has 0 radical (unpaired) electrons. The van der Waals surface area contributed by atoms with Crippen molar-refractivity contribution in [1.29, 1.82) is 0 Å². The molecule has 24 heavy (non-hydrogen) atoms. The highest BCUT2D eigenvalue weighted by Crippen LogP contribution is 2.31. The van der Waals surface area contributed by atoms with Gasteiger partial charge in [-0.15, -0.1) is 0 Å². The number of nitrogens with zero attached hydrogens (tertiary/aromatic N) is 2. The van der Waals surface area contributed by atoms with Crippen LogP contribution in [0, 0.1) is 12.8 Å². The number of hydrogen-bond acceptors (Lipinski definition) is 3. The molecule has 1 saturated carbocycles. The van der Waals surface area contributed by atoms with Crippen LogP contribution in [0.2, 0.25) is 0 Å². The number of rotatable bonds is 7. The summed E-state index contributed by atoms with van der Waals surface area (Å²) in [5.41, 5.74) is 3.61. The molecular weight excluding hydrogens is 296 g/mol. The standard InChI is InChI=1S/C20H32N4/c1-15(2)6-5-12-22-18-7-4-8-19(16(18)3)23-20-11-13-21-14-24(20)17-9-10-17/h4,7-8,15,17,21-22H,5-6,9-14H2,1-3H3. The second kappa shape index (κ2) is 8.02. The lowest BCUT2D eigenvalue weighted by atomic mass is 10.1. The van der Waals surface area contributed by atoms with E-state index < -0.39 is 0 Å². The minimum absolute atomic E-state index is 0.717. The molecule has 1 aliphatic carbocycles. The Labute approximate surface area is 146 Å². The summed E-state index contributed by atoms with van der Waals surface area (Å²) in [6, 6.07) is 7.17. The zero-order chi connectivity index (χ0) is 16.9. The van der Waals surface area contributed by atoms with Crippen molar-refractivity contribution in [3.8, 4) is 0 Å². The second-order valence-electron chi connectivity index (χ2n) is 7.55. The third kappa shape index (κ3) is 4.50. The number of nitrogens with one attached hydrogen (secondary N) is 2. The zero-order valence-electron chi connectivity index (χ0n) is 15.4. The molecule has 3 rings (SSSR count). The lowest BCUT2D eigenvalue weighted by Crippen LogP contribution is -2.46. The summed E-state index contributed by atoms with van der Waals surface area (Å²) in [6.45, 7) is 9.78. The minimum Gasteiger partial charge on any atom is -0.385 e. The van der Waals surface area contributed by atoms with Crippen molar-refractivity contribution in [2.45, 2.75) is 58.9 Å². The van der Waals surface area contributed by atoms with E-state index in [9.17, 15) is 0 Å². The van der Waals surface area contributed by atoms with Gasteiger partial charge >= 0.3 is 0 Å². The first-order valence-corrected chi connectivity index (χ1v) is 9.53. The van der Waals surface area contributed by atoms with Gasteiger partial charge in [-0.3, -0.25) is 5.32 Å². The SMILES string of the molecule is Cc1c(N=C2CCNCN2C2CC2)cccc1NCCCC(C)C. The molecule has 0 unspecified atom stereocenters. The lowest BCUT2D eigenvalue weighted by Gasteiger charge is -2.31. The average Bonchev–Trinajstić information content (AvgIpc) is 3.40. The third-order valence-electron chi connectivity index (χ3n) is 4.96. The Balaban J connectivity index is 1.69. The van der Waals surface area contributed by atoms with Gasteiger partial charge < -0.3 is 10.2 Å². The summed E-state index contributed by atoms with van der Waals surface area (Å²) in [4.78, 5) is 7.50. The van der Waals surface area contributed by atoms with Gasteiger partial charge in [-0.25, -0.2) is 4.99 Å². The molecule has 2 N–H and O–H groups in total. The Morgan fingerprint density at radius 3 is 2.92 bits per heavy atom. The minimum atomic E-state index is 0.717. The first-order chi connectivity index (χ1) is 11.6. The van der Waals surface area contributed by atoms with Crippen LogP contribution >= 0.6 is 0 Å². The van der Waals surface area contributed by atoms with Crippen LogP contribution in [0.25, 0.3) is 0 Å². The van der Waals surface area contributed by atoms with Gasteiger partial charge in [-0.1, -0.05) is 19.9 Å². The van der Waals surface area contributed by atoms with E-state index >= 15 is 0 Å². The molecule has 4 nitrogen and oxygen atoms in total. The van der Waals surface area contributed by atoms with E-state index in [0.29, 0.717) is 6.04 Å².